The molecule has 0 saturated heterocycles. The lowest BCUT2D eigenvalue weighted by Crippen LogP contribution is -2.29. The largest absolute Gasteiger partial charge is 0.504 e. The maximum Gasteiger partial charge on any atom is 0.291 e. The van der Waals surface area contributed by atoms with Crippen LogP contribution in [-0.4, -0.2) is 22.5 Å². The molecule has 1 aromatic heterocycles. The lowest BCUT2D eigenvalue weighted by Gasteiger charge is -2.25. The molecular weight excluding hydrogens is 442 g/mol. The normalized spacial score (nSPS) is 15.2. The Bertz CT molecular complexity index is 1430. The van der Waals surface area contributed by atoms with E-state index in [4.69, 9.17) is 20.8 Å². The van der Waals surface area contributed by atoms with Gasteiger partial charge in [-0.1, -0.05) is 48.0 Å². The van der Waals surface area contributed by atoms with Crippen molar-refractivity contribution < 1.29 is 19.1 Å². The first-order valence-electron chi connectivity index (χ1n) is 10.5. The van der Waals surface area contributed by atoms with Crippen molar-refractivity contribution in [3.05, 3.63) is 104 Å². The van der Waals surface area contributed by atoms with E-state index < -0.39 is 6.04 Å². The number of phenols is 1. The van der Waals surface area contributed by atoms with Crippen molar-refractivity contribution in [2.24, 2.45) is 0 Å². The Balaban J connectivity index is 1.74. The van der Waals surface area contributed by atoms with Crippen LogP contribution in [-0.2, 0) is 6.54 Å². The molecule has 2 heterocycles. The third kappa shape index (κ3) is 3.62. The van der Waals surface area contributed by atoms with Crippen LogP contribution in [0, 0.1) is 0 Å². The second kappa shape index (κ2) is 8.30. The number of phenolic OH excluding ortho intramolecular Hbond substituents is 1. The van der Waals surface area contributed by atoms with Crippen LogP contribution >= 0.6 is 11.6 Å². The molecule has 0 unspecified atom stereocenters. The zero-order valence-corrected chi connectivity index (χ0v) is 18.5. The van der Waals surface area contributed by atoms with Gasteiger partial charge in [0.1, 0.15) is 5.58 Å². The average Bonchev–Trinajstić information content (AvgIpc) is 3.08. The van der Waals surface area contributed by atoms with E-state index in [0.29, 0.717) is 28.2 Å². The van der Waals surface area contributed by atoms with Crippen molar-refractivity contribution in [3.8, 4) is 11.5 Å². The fourth-order valence-corrected chi connectivity index (χ4v) is 4.43. The van der Waals surface area contributed by atoms with Gasteiger partial charge in [-0.25, -0.2) is 0 Å². The molecule has 1 aliphatic heterocycles. The predicted octanol–water partition coefficient (Wildman–Crippen LogP) is 5.30. The summed E-state index contributed by atoms with van der Waals surface area (Å²) < 4.78 is 11.5. The van der Waals surface area contributed by atoms with Gasteiger partial charge in [0.15, 0.2) is 16.9 Å². The third-order valence-corrected chi connectivity index (χ3v) is 5.96. The van der Waals surface area contributed by atoms with Crippen LogP contribution in [0.1, 0.15) is 40.2 Å². The van der Waals surface area contributed by atoms with Crippen molar-refractivity contribution in [2.75, 3.05) is 6.61 Å². The maximum absolute atomic E-state index is 13.6. The molecule has 1 atom stereocenters. The molecule has 1 aliphatic rings. The van der Waals surface area contributed by atoms with Gasteiger partial charge in [0, 0.05) is 11.6 Å². The zero-order chi connectivity index (χ0) is 23.1. The number of halogens is 1. The van der Waals surface area contributed by atoms with E-state index in [2.05, 4.69) is 0 Å². The lowest BCUT2D eigenvalue weighted by atomic mass is 9.97. The SMILES string of the molecule is CCOc1cc([C@H]2c3c(oc4ccc(Cl)cc4c3=O)C(=O)N2Cc2ccccc2)ccc1O. The van der Waals surface area contributed by atoms with Gasteiger partial charge < -0.3 is 19.2 Å². The van der Waals surface area contributed by atoms with Gasteiger partial charge in [-0.05, 0) is 48.4 Å². The van der Waals surface area contributed by atoms with Crippen LogP contribution in [0.4, 0.5) is 0 Å². The van der Waals surface area contributed by atoms with Crippen LogP contribution in [0.5, 0.6) is 11.5 Å². The van der Waals surface area contributed by atoms with E-state index in [1.807, 2.05) is 37.3 Å². The minimum atomic E-state index is -0.716. The molecule has 0 spiro atoms. The van der Waals surface area contributed by atoms with E-state index in [1.54, 1.807) is 35.2 Å². The van der Waals surface area contributed by atoms with E-state index >= 15 is 0 Å². The molecule has 7 heteroatoms. The second-order valence-corrected chi connectivity index (χ2v) is 8.23. The van der Waals surface area contributed by atoms with Crippen molar-refractivity contribution in [1.29, 1.82) is 0 Å². The Hall–Kier alpha value is -3.77. The second-order valence-electron chi connectivity index (χ2n) is 7.80. The van der Waals surface area contributed by atoms with Gasteiger partial charge in [-0.15, -0.1) is 0 Å². The maximum atomic E-state index is 13.6. The van der Waals surface area contributed by atoms with Crippen LogP contribution < -0.4 is 10.2 Å². The molecule has 166 valence electrons. The zero-order valence-electron chi connectivity index (χ0n) is 17.7. The van der Waals surface area contributed by atoms with E-state index in [1.165, 1.54) is 6.07 Å². The molecule has 0 fully saturated rings. The van der Waals surface area contributed by atoms with Gasteiger partial charge in [-0.3, -0.25) is 9.59 Å². The first-order valence-corrected chi connectivity index (χ1v) is 10.9. The fourth-order valence-electron chi connectivity index (χ4n) is 4.25. The number of aromatic hydroxyl groups is 1. The molecule has 0 saturated carbocycles. The third-order valence-electron chi connectivity index (χ3n) is 5.72. The van der Waals surface area contributed by atoms with E-state index in [9.17, 15) is 14.7 Å². The van der Waals surface area contributed by atoms with Crippen LogP contribution in [0.3, 0.4) is 0 Å². The summed E-state index contributed by atoms with van der Waals surface area (Å²) in [5.74, 6) is -0.0958. The summed E-state index contributed by atoms with van der Waals surface area (Å²) in [7, 11) is 0. The number of carbonyl (C=O) groups is 1. The minimum Gasteiger partial charge on any atom is -0.504 e. The number of hydrogen-bond donors (Lipinski definition) is 1. The molecule has 3 aromatic carbocycles. The summed E-state index contributed by atoms with van der Waals surface area (Å²) in [6, 6.07) is 18.4. The molecule has 4 aromatic rings. The number of fused-ring (bicyclic) bond motifs is 2. The first-order chi connectivity index (χ1) is 16.0. The monoisotopic (exact) mass is 461 g/mol. The average molecular weight is 462 g/mol. The van der Waals surface area contributed by atoms with E-state index in [-0.39, 0.29) is 40.7 Å². The molecule has 0 aliphatic carbocycles. The summed E-state index contributed by atoms with van der Waals surface area (Å²) in [5, 5.41) is 10.9. The van der Waals surface area contributed by atoms with Gasteiger partial charge in [0.25, 0.3) is 5.91 Å². The number of rotatable bonds is 5. The molecule has 1 N–H and O–H groups in total. The Kier molecular flexibility index (Phi) is 5.30. The summed E-state index contributed by atoms with van der Waals surface area (Å²) in [5.41, 5.74) is 1.78. The Morgan fingerprint density at radius 3 is 2.61 bits per heavy atom. The van der Waals surface area contributed by atoms with Crippen molar-refractivity contribution in [3.63, 3.8) is 0 Å². The van der Waals surface area contributed by atoms with Crippen LogP contribution in [0.2, 0.25) is 5.02 Å². The highest BCUT2D eigenvalue weighted by atomic mass is 35.5. The summed E-state index contributed by atoms with van der Waals surface area (Å²) in [6.07, 6.45) is 0. The molecular formula is C26H20ClNO5. The van der Waals surface area contributed by atoms with Crippen LogP contribution in [0.15, 0.2) is 75.9 Å². The number of amides is 1. The summed E-state index contributed by atoms with van der Waals surface area (Å²) >= 11 is 6.13. The Morgan fingerprint density at radius 1 is 1.06 bits per heavy atom. The quantitative estimate of drug-likeness (QED) is 0.436. The number of nitrogens with zero attached hydrogens (tertiary/aromatic N) is 1. The number of hydrogen-bond acceptors (Lipinski definition) is 5. The molecule has 1 amide bonds. The standard InChI is InChI=1S/C26H20ClNO5/c1-2-32-21-12-16(8-10-19(21)29)23-22-24(30)18-13-17(27)9-11-20(18)33-25(22)26(31)28(23)14-15-6-4-3-5-7-15/h3-13,23,29H,2,14H2,1H3/t23-/m0/s1. The fraction of sp³-hybridized carbons (Fsp3) is 0.154. The molecule has 33 heavy (non-hydrogen) atoms. The number of carbonyl (C=O) groups excluding carboxylic acids is 1. The Labute approximate surface area is 194 Å². The van der Waals surface area contributed by atoms with Gasteiger partial charge >= 0.3 is 0 Å². The predicted molar refractivity (Wildman–Crippen MR) is 125 cm³/mol. The molecule has 0 bridgehead atoms. The molecule has 0 radical (unpaired) electrons. The summed E-state index contributed by atoms with van der Waals surface area (Å²) in [4.78, 5) is 28.7. The Morgan fingerprint density at radius 2 is 1.85 bits per heavy atom. The highest BCUT2D eigenvalue weighted by Crippen LogP contribution is 2.41. The first kappa shape index (κ1) is 21.1. The number of benzene rings is 3. The van der Waals surface area contributed by atoms with Gasteiger partial charge in [-0.2, -0.15) is 0 Å². The minimum absolute atomic E-state index is 0.0155. The molecule has 6 nitrogen and oxygen atoms in total. The van der Waals surface area contributed by atoms with Crippen LogP contribution in [0.25, 0.3) is 11.0 Å². The van der Waals surface area contributed by atoms with Gasteiger partial charge in [0.05, 0.1) is 23.6 Å². The van der Waals surface area contributed by atoms with Gasteiger partial charge in [0.2, 0.25) is 5.76 Å². The van der Waals surface area contributed by atoms with Crippen molar-refractivity contribution in [2.45, 2.75) is 19.5 Å². The highest BCUT2D eigenvalue weighted by Gasteiger charge is 2.43. The topological polar surface area (TPSA) is 80.0 Å². The van der Waals surface area contributed by atoms with Crippen molar-refractivity contribution >= 4 is 28.5 Å². The van der Waals surface area contributed by atoms with E-state index in [0.717, 1.165) is 5.56 Å². The number of ether oxygens (including phenoxy) is 1. The highest BCUT2D eigenvalue weighted by molar-refractivity contribution is 6.31. The van der Waals surface area contributed by atoms with Crippen molar-refractivity contribution in [1.82, 2.24) is 4.90 Å². The summed E-state index contributed by atoms with van der Waals surface area (Å²) in [6.45, 7) is 2.44. The smallest absolute Gasteiger partial charge is 0.291 e. The lowest BCUT2D eigenvalue weighted by molar-refractivity contribution is 0.0714. The molecule has 5 rings (SSSR count).